The number of hydrogen-bond donors (Lipinski definition) is 0. The summed E-state index contributed by atoms with van der Waals surface area (Å²) >= 11 is 3.05. The van der Waals surface area contributed by atoms with Crippen molar-refractivity contribution >= 4 is 34.1 Å². The fraction of sp³-hybridized carbons (Fsp3) is 0.292. The smallest absolute Gasteiger partial charge is 0.291 e. The van der Waals surface area contributed by atoms with Gasteiger partial charge < -0.3 is 4.74 Å². The van der Waals surface area contributed by atoms with Gasteiger partial charge in [-0.1, -0.05) is 49.7 Å². The third kappa shape index (κ3) is 5.17. The molecule has 0 fully saturated rings. The second-order valence-corrected chi connectivity index (χ2v) is 9.14. The van der Waals surface area contributed by atoms with E-state index >= 15 is 0 Å². The Hall–Kier alpha value is -2.64. The Morgan fingerprint density at radius 3 is 2.52 bits per heavy atom. The molecule has 2 aromatic heterocycles. The Morgan fingerprint density at radius 2 is 1.84 bits per heavy atom. The summed E-state index contributed by atoms with van der Waals surface area (Å²) in [5, 5.41) is 4.44. The van der Waals surface area contributed by atoms with Gasteiger partial charge >= 0.3 is 0 Å². The third-order valence-corrected chi connectivity index (χ3v) is 6.68. The fourth-order valence-corrected chi connectivity index (χ4v) is 4.54. The van der Waals surface area contributed by atoms with Crippen LogP contribution in [-0.2, 0) is 0 Å². The number of aromatic nitrogens is 3. The molecule has 2 heterocycles. The van der Waals surface area contributed by atoms with E-state index in [-0.39, 0.29) is 5.56 Å². The zero-order valence-electron chi connectivity index (χ0n) is 17.7. The minimum Gasteiger partial charge on any atom is -0.494 e. The molecule has 0 radical (unpaired) electrons. The predicted octanol–water partition coefficient (Wildman–Crippen LogP) is 5.05. The van der Waals surface area contributed by atoms with Crippen LogP contribution < -0.4 is 14.8 Å². The second-order valence-electron chi connectivity index (χ2n) is 7.25. The van der Waals surface area contributed by atoms with E-state index < -0.39 is 0 Å². The molecule has 0 aliphatic rings. The predicted molar refractivity (Wildman–Crippen MR) is 129 cm³/mol. The Bertz CT molecular complexity index is 1250. The van der Waals surface area contributed by atoms with Crippen LogP contribution in [0.3, 0.4) is 0 Å². The third-order valence-electron chi connectivity index (χ3n) is 4.97. The Kier molecular flexibility index (Phi) is 7.04. The highest BCUT2D eigenvalue weighted by Gasteiger charge is 2.12. The molecule has 0 unspecified atom stereocenters. The van der Waals surface area contributed by atoms with Gasteiger partial charge in [0.2, 0.25) is 4.96 Å². The average Bonchev–Trinajstić information content (AvgIpc) is 3.34. The SMILES string of the molecule is CCCCCCOc1ccc(-c2nc3s/c(=C/c4ccc(SC)cc4)c(=O)n3n2)cc1. The van der Waals surface area contributed by atoms with E-state index in [0.29, 0.717) is 15.3 Å². The summed E-state index contributed by atoms with van der Waals surface area (Å²) in [7, 11) is 0. The monoisotopic (exact) mass is 451 g/mol. The molecule has 7 heteroatoms. The fourth-order valence-electron chi connectivity index (χ4n) is 3.23. The topological polar surface area (TPSA) is 56.5 Å². The number of rotatable bonds is 9. The van der Waals surface area contributed by atoms with Crippen molar-refractivity contribution in [3.05, 3.63) is 69.0 Å². The molecule has 0 aliphatic carbocycles. The quantitative estimate of drug-likeness (QED) is 0.263. The number of fused-ring (bicyclic) bond motifs is 1. The molecule has 0 aliphatic heterocycles. The number of ether oxygens (including phenoxy) is 1. The number of thioether (sulfide) groups is 1. The summed E-state index contributed by atoms with van der Waals surface area (Å²) < 4.78 is 7.81. The molecule has 0 saturated carbocycles. The molecule has 31 heavy (non-hydrogen) atoms. The Balaban J connectivity index is 1.50. The Morgan fingerprint density at radius 1 is 1.06 bits per heavy atom. The summed E-state index contributed by atoms with van der Waals surface area (Å²) in [4.78, 5) is 19.1. The molecule has 2 aromatic carbocycles. The van der Waals surface area contributed by atoms with Crippen LogP contribution in [0.4, 0.5) is 0 Å². The minimum atomic E-state index is -0.139. The van der Waals surface area contributed by atoms with E-state index in [9.17, 15) is 4.79 Å². The zero-order valence-corrected chi connectivity index (χ0v) is 19.3. The highest BCUT2D eigenvalue weighted by Crippen LogP contribution is 2.21. The number of thiazole rings is 1. The van der Waals surface area contributed by atoms with Crippen molar-refractivity contribution in [2.24, 2.45) is 0 Å². The molecular formula is C24H25N3O2S2. The van der Waals surface area contributed by atoms with Gasteiger partial charge in [0.1, 0.15) is 5.75 Å². The first-order valence-corrected chi connectivity index (χ1v) is 12.5. The van der Waals surface area contributed by atoms with Crippen molar-refractivity contribution in [2.75, 3.05) is 12.9 Å². The summed E-state index contributed by atoms with van der Waals surface area (Å²) in [5.74, 6) is 1.39. The van der Waals surface area contributed by atoms with Crippen molar-refractivity contribution in [1.82, 2.24) is 14.6 Å². The van der Waals surface area contributed by atoms with Gasteiger partial charge in [-0.15, -0.1) is 16.9 Å². The van der Waals surface area contributed by atoms with E-state index in [1.54, 1.807) is 11.8 Å². The van der Waals surface area contributed by atoms with Crippen LogP contribution >= 0.6 is 23.1 Å². The van der Waals surface area contributed by atoms with E-state index in [1.165, 1.54) is 40.0 Å². The Labute approximate surface area is 189 Å². The first kappa shape index (κ1) is 21.6. The maximum Gasteiger partial charge on any atom is 0.291 e. The average molecular weight is 452 g/mol. The van der Waals surface area contributed by atoms with Crippen molar-refractivity contribution in [3.8, 4) is 17.1 Å². The van der Waals surface area contributed by atoms with Gasteiger partial charge in [0.15, 0.2) is 5.82 Å². The number of unbranched alkanes of at least 4 members (excludes halogenated alkanes) is 3. The van der Waals surface area contributed by atoms with Gasteiger partial charge in [-0.05, 0) is 60.7 Å². The molecule has 0 spiro atoms. The summed E-state index contributed by atoms with van der Waals surface area (Å²) in [6, 6.07) is 15.9. The van der Waals surface area contributed by atoms with E-state index in [2.05, 4.69) is 29.1 Å². The van der Waals surface area contributed by atoms with Gasteiger partial charge in [0, 0.05) is 10.5 Å². The molecule has 4 rings (SSSR count). The highest BCUT2D eigenvalue weighted by molar-refractivity contribution is 7.98. The maximum absolute atomic E-state index is 12.8. The van der Waals surface area contributed by atoms with Crippen molar-refractivity contribution in [1.29, 1.82) is 0 Å². The van der Waals surface area contributed by atoms with Gasteiger partial charge in [-0.2, -0.15) is 9.50 Å². The molecule has 4 aromatic rings. The lowest BCUT2D eigenvalue weighted by Gasteiger charge is -2.06. The molecule has 0 bridgehead atoms. The van der Waals surface area contributed by atoms with Gasteiger partial charge in [0.05, 0.1) is 11.1 Å². The standard InChI is InChI=1S/C24H25N3O2S2/c1-3-4-5-6-15-29-19-11-9-18(10-12-19)22-25-24-27(26-22)23(28)21(31-24)16-17-7-13-20(30-2)14-8-17/h7-14,16H,3-6,15H2,1-2H3/b21-16+. The molecular weight excluding hydrogens is 426 g/mol. The normalized spacial score (nSPS) is 12.0. The number of hydrogen-bond acceptors (Lipinski definition) is 6. The van der Waals surface area contributed by atoms with Crippen LogP contribution in [0.5, 0.6) is 5.75 Å². The van der Waals surface area contributed by atoms with E-state index in [0.717, 1.165) is 29.9 Å². The minimum absolute atomic E-state index is 0.139. The number of benzene rings is 2. The maximum atomic E-state index is 12.8. The van der Waals surface area contributed by atoms with Crippen molar-refractivity contribution < 1.29 is 4.74 Å². The molecule has 0 saturated heterocycles. The summed E-state index contributed by atoms with van der Waals surface area (Å²) in [6.45, 7) is 2.93. The van der Waals surface area contributed by atoms with Gasteiger partial charge in [-0.25, -0.2) is 0 Å². The molecule has 0 amide bonds. The van der Waals surface area contributed by atoms with Crippen LogP contribution in [0.15, 0.2) is 58.2 Å². The lowest BCUT2D eigenvalue weighted by atomic mass is 10.2. The van der Waals surface area contributed by atoms with E-state index in [4.69, 9.17) is 4.74 Å². The van der Waals surface area contributed by atoms with Crippen LogP contribution in [0.25, 0.3) is 22.4 Å². The molecule has 5 nitrogen and oxygen atoms in total. The summed E-state index contributed by atoms with van der Waals surface area (Å²) in [5.41, 5.74) is 1.72. The second kappa shape index (κ2) is 10.1. The van der Waals surface area contributed by atoms with Crippen LogP contribution in [0.2, 0.25) is 0 Å². The van der Waals surface area contributed by atoms with Gasteiger partial charge in [-0.3, -0.25) is 4.79 Å². The van der Waals surface area contributed by atoms with Crippen molar-refractivity contribution in [2.45, 2.75) is 37.5 Å². The molecule has 160 valence electrons. The first-order valence-electron chi connectivity index (χ1n) is 10.5. The lowest BCUT2D eigenvalue weighted by Crippen LogP contribution is -2.23. The zero-order chi connectivity index (χ0) is 21.6. The van der Waals surface area contributed by atoms with Crippen molar-refractivity contribution in [3.63, 3.8) is 0 Å². The van der Waals surface area contributed by atoms with Crippen LogP contribution in [0.1, 0.15) is 38.2 Å². The van der Waals surface area contributed by atoms with Crippen LogP contribution in [-0.4, -0.2) is 27.5 Å². The van der Waals surface area contributed by atoms with Gasteiger partial charge in [0.25, 0.3) is 5.56 Å². The largest absolute Gasteiger partial charge is 0.494 e. The van der Waals surface area contributed by atoms with E-state index in [1.807, 2.05) is 48.7 Å². The molecule has 0 N–H and O–H groups in total. The highest BCUT2D eigenvalue weighted by atomic mass is 32.2. The van der Waals surface area contributed by atoms with Crippen LogP contribution in [0, 0.1) is 0 Å². The summed E-state index contributed by atoms with van der Waals surface area (Å²) in [6.07, 6.45) is 8.67. The molecule has 0 atom stereocenters. The first-order chi connectivity index (χ1) is 15.2. The number of nitrogens with zero attached hydrogens (tertiary/aromatic N) is 3. The lowest BCUT2D eigenvalue weighted by molar-refractivity contribution is 0.305.